The largest absolute Gasteiger partial charge is 0.379 e. The molecule has 1 aromatic heterocycles. The van der Waals surface area contributed by atoms with Gasteiger partial charge in [0.25, 0.3) is 5.69 Å². The lowest BCUT2D eigenvalue weighted by Crippen LogP contribution is -2.36. The van der Waals surface area contributed by atoms with E-state index in [0.29, 0.717) is 0 Å². The first-order valence-corrected chi connectivity index (χ1v) is 9.81. The van der Waals surface area contributed by atoms with Crippen LogP contribution in [0.1, 0.15) is 17.5 Å². The van der Waals surface area contributed by atoms with Crippen molar-refractivity contribution in [3.8, 4) is 0 Å². The van der Waals surface area contributed by atoms with E-state index in [-0.39, 0.29) is 10.6 Å². The van der Waals surface area contributed by atoms with E-state index < -0.39 is 0 Å². The van der Waals surface area contributed by atoms with Crippen molar-refractivity contribution in [2.24, 2.45) is 0 Å². The van der Waals surface area contributed by atoms with Gasteiger partial charge in [0.15, 0.2) is 0 Å². The van der Waals surface area contributed by atoms with E-state index >= 15 is 0 Å². The van der Waals surface area contributed by atoms with E-state index in [1.165, 1.54) is 11.1 Å². The predicted molar refractivity (Wildman–Crippen MR) is 110 cm³/mol. The number of nitro groups is 1. The Morgan fingerprint density at radius 1 is 1.07 bits per heavy atom. The average molecular weight is 379 g/mol. The summed E-state index contributed by atoms with van der Waals surface area (Å²) in [4.78, 5) is 13.4. The topological polar surface area (TPSA) is 60.5 Å². The van der Waals surface area contributed by atoms with Gasteiger partial charge < -0.3 is 9.30 Å². The van der Waals surface area contributed by atoms with Crippen LogP contribution in [-0.2, 0) is 17.7 Å². The maximum Gasteiger partial charge on any atom is 0.270 e. The zero-order valence-corrected chi connectivity index (χ0v) is 15.9. The van der Waals surface area contributed by atoms with E-state index in [0.717, 1.165) is 63.1 Å². The Kier molecular flexibility index (Phi) is 5.69. The van der Waals surface area contributed by atoms with Gasteiger partial charge in [0.1, 0.15) is 0 Å². The van der Waals surface area contributed by atoms with Crippen LogP contribution < -0.4 is 0 Å². The second-order valence-corrected chi connectivity index (χ2v) is 7.28. The highest BCUT2D eigenvalue weighted by molar-refractivity contribution is 5.86. The zero-order chi connectivity index (χ0) is 19.3. The van der Waals surface area contributed by atoms with Gasteiger partial charge in [-0.2, -0.15) is 0 Å². The van der Waals surface area contributed by atoms with Crippen molar-refractivity contribution in [2.45, 2.75) is 19.4 Å². The molecule has 2 heterocycles. The fourth-order valence-corrected chi connectivity index (χ4v) is 3.90. The molecule has 1 saturated heterocycles. The van der Waals surface area contributed by atoms with Crippen LogP contribution in [0.15, 0.2) is 54.7 Å². The van der Waals surface area contributed by atoms with Crippen LogP contribution in [0, 0.1) is 10.1 Å². The van der Waals surface area contributed by atoms with Crippen molar-refractivity contribution < 1.29 is 9.66 Å². The van der Waals surface area contributed by atoms with Gasteiger partial charge in [0.05, 0.1) is 18.1 Å². The van der Waals surface area contributed by atoms with Crippen molar-refractivity contribution in [3.05, 3.63) is 76.0 Å². The second-order valence-electron chi connectivity index (χ2n) is 7.28. The Morgan fingerprint density at radius 2 is 1.86 bits per heavy atom. The first-order valence-electron chi connectivity index (χ1n) is 9.81. The van der Waals surface area contributed by atoms with E-state index in [9.17, 15) is 10.1 Å². The number of hydrogen-bond donors (Lipinski definition) is 0. The van der Waals surface area contributed by atoms with Crippen LogP contribution in [-0.4, -0.2) is 47.2 Å². The van der Waals surface area contributed by atoms with Crippen molar-refractivity contribution >= 4 is 16.6 Å². The summed E-state index contributed by atoms with van der Waals surface area (Å²) in [6, 6.07) is 15.5. The summed E-state index contributed by atoms with van der Waals surface area (Å²) >= 11 is 0. The molecule has 6 nitrogen and oxygen atoms in total. The number of ether oxygens (including phenoxy) is 1. The van der Waals surface area contributed by atoms with Crippen molar-refractivity contribution in [1.29, 1.82) is 0 Å². The monoisotopic (exact) mass is 379 g/mol. The van der Waals surface area contributed by atoms with E-state index in [2.05, 4.69) is 27.8 Å². The molecule has 2 aromatic carbocycles. The Morgan fingerprint density at radius 3 is 2.61 bits per heavy atom. The minimum atomic E-state index is -0.314. The number of non-ortho nitro benzene ring substituents is 1. The number of rotatable bonds is 7. The lowest BCUT2D eigenvalue weighted by atomic mass is 10.1. The first-order chi connectivity index (χ1) is 13.7. The number of nitro benzene ring substituents is 1. The van der Waals surface area contributed by atoms with Gasteiger partial charge in [-0.05, 0) is 36.6 Å². The van der Waals surface area contributed by atoms with E-state index in [1.807, 2.05) is 24.3 Å². The molecule has 0 unspecified atom stereocenters. The molecule has 146 valence electrons. The third kappa shape index (κ3) is 4.24. The van der Waals surface area contributed by atoms with E-state index in [4.69, 9.17) is 4.74 Å². The molecular formula is C22H25N3O3. The Labute approximate surface area is 164 Å². The number of nitrogens with zero attached hydrogens (tertiary/aromatic N) is 3. The van der Waals surface area contributed by atoms with Crippen LogP contribution in [0.25, 0.3) is 10.9 Å². The first kappa shape index (κ1) is 18.7. The number of fused-ring (bicyclic) bond motifs is 1. The summed E-state index contributed by atoms with van der Waals surface area (Å²) in [6.45, 7) is 5.38. The molecule has 0 spiro atoms. The zero-order valence-electron chi connectivity index (χ0n) is 15.9. The number of aromatic nitrogens is 1. The number of hydrogen-bond acceptors (Lipinski definition) is 4. The van der Waals surface area contributed by atoms with Crippen molar-refractivity contribution in [3.63, 3.8) is 0 Å². The standard InChI is InChI=1S/C22H25N3O3/c26-25(27)20-8-9-22-21(15-20)19(7-4-10-23-11-13-28-14-12-23)17-24(22)16-18-5-2-1-3-6-18/h1-3,5-6,8-9,15,17H,4,7,10-14,16H2. The smallest absolute Gasteiger partial charge is 0.270 e. The Bertz CT molecular complexity index is 946. The molecule has 0 N–H and O–H groups in total. The van der Waals surface area contributed by atoms with Gasteiger partial charge in [-0.15, -0.1) is 0 Å². The molecule has 1 aliphatic heterocycles. The molecule has 28 heavy (non-hydrogen) atoms. The molecule has 0 saturated carbocycles. The van der Waals surface area contributed by atoms with Gasteiger partial charge in [-0.1, -0.05) is 30.3 Å². The minimum Gasteiger partial charge on any atom is -0.379 e. The van der Waals surface area contributed by atoms with Gasteiger partial charge in [0, 0.05) is 48.9 Å². The molecule has 6 heteroatoms. The van der Waals surface area contributed by atoms with Gasteiger partial charge >= 0.3 is 0 Å². The van der Waals surface area contributed by atoms with Gasteiger partial charge in [-0.25, -0.2) is 0 Å². The summed E-state index contributed by atoms with van der Waals surface area (Å²) in [6.07, 6.45) is 4.12. The average Bonchev–Trinajstić information content (AvgIpc) is 3.06. The molecule has 3 aromatic rings. The highest BCUT2D eigenvalue weighted by Gasteiger charge is 2.15. The quantitative estimate of drug-likeness (QED) is 0.462. The molecule has 0 bridgehead atoms. The van der Waals surface area contributed by atoms with Gasteiger partial charge in [0.2, 0.25) is 0 Å². The summed E-state index contributed by atoms with van der Waals surface area (Å²) in [5.41, 5.74) is 3.61. The second kappa shape index (κ2) is 8.54. The van der Waals surface area contributed by atoms with Crippen LogP contribution >= 0.6 is 0 Å². The third-order valence-corrected chi connectivity index (χ3v) is 5.38. The molecule has 0 radical (unpaired) electrons. The normalized spacial score (nSPS) is 15.1. The molecule has 1 aliphatic rings. The lowest BCUT2D eigenvalue weighted by molar-refractivity contribution is -0.384. The van der Waals surface area contributed by atoms with Crippen LogP contribution in [0.4, 0.5) is 5.69 Å². The summed E-state index contributed by atoms with van der Waals surface area (Å²) < 4.78 is 7.62. The molecule has 0 amide bonds. The summed E-state index contributed by atoms with van der Waals surface area (Å²) in [5.74, 6) is 0. The lowest BCUT2D eigenvalue weighted by Gasteiger charge is -2.26. The highest BCUT2D eigenvalue weighted by atomic mass is 16.6. The Balaban J connectivity index is 1.57. The minimum absolute atomic E-state index is 0.152. The molecular weight excluding hydrogens is 354 g/mol. The fraction of sp³-hybridized carbons (Fsp3) is 0.364. The van der Waals surface area contributed by atoms with Crippen molar-refractivity contribution in [1.82, 2.24) is 9.47 Å². The van der Waals surface area contributed by atoms with Gasteiger partial charge in [-0.3, -0.25) is 15.0 Å². The maximum atomic E-state index is 11.3. The highest BCUT2D eigenvalue weighted by Crippen LogP contribution is 2.28. The van der Waals surface area contributed by atoms with Crippen LogP contribution in [0.3, 0.4) is 0 Å². The molecule has 4 rings (SSSR count). The molecule has 1 fully saturated rings. The fourth-order valence-electron chi connectivity index (χ4n) is 3.90. The van der Waals surface area contributed by atoms with Crippen LogP contribution in [0.2, 0.25) is 0 Å². The summed E-state index contributed by atoms with van der Waals surface area (Å²) in [7, 11) is 0. The SMILES string of the molecule is O=[N+]([O-])c1ccc2c(c1)c(CCCN1CCOCC1)cn2Cc1ccccc1. The molecule has 0 aliphatic carbocycles. The third-order valence-electron chi connectivity index (χ3n) is 5.38. The number of aryl methyl sites for hydroxylation is 1. The van der Waals surface area contributed by atoms with Crippen LogP contribution in [0.5, 0.6) is 0 Å². The Hall–Kier alpha value is -2.70. The predicted octanol–water partition coefficient (Wildman–Crippen LogP) is 3.86. The van der Waals surface area contributed by atoms with Crippen molar-refractivity contribution in [2.75, 3.05) is 32.8 Å². The number of benzene rings is 2. The number of morpholine rings is 1. The van der Waals surface area contributed by atoms with E-state index in [1.54, 1.807) is 12.1 Å². The summed E-state index contributed by atoms with van der Waals surface area (Å²) in [5, 5.41) is 12.2. The molecule has 0 atom stereocenters. The maximum absolute atomic E-state index is 11.3.